The van der Waals surface area contributed by atoms with Gasteiger partial charge >= 0.3 is 6.18 Å². The number of nitrogens with zero attached hydrogens (tertiary/aromatic N) is 6. The Balaban J connectivity index is 0.000000168. The number of nitrogens with one attached hydrogen (secondary N) is 5. The fraction of sp³-hybridized carbons (Fsp3) is 0.297. The molecule has 6 heterocycles. The Morgan fingerprint density at radius 3 is 1.80 bits per heavy atom. The average molecular weight is 788 g/mol. The van der Waals surface area contributed by atoms with Crippen LogP contribution in [0.5, 0.6) is 0 Å². The zero-order valence-electron chi connectivity index (χ0n) is 29.4. The maximum atomic E-state index is 13.1. The zero-order valence-corrected chi connectivity index (χ0v) is 30.2. The number of hydrogen-bond donors (Lipinski definition) is 5. The molecule has 0 spiro atoms. The highest BCUT2D eigenvalue weighted by molar-refractivity contribution is 6.29. The summed E-state index contributed by atoms with van der Waals surface area (Å²) in [6.45, 7) is 1.61. The topological polar surface area (TPSA) is 189 Å². The summed E-state index contributed by atoms with van der Waals surface area (Å²) in [7, 11) is 0. The van der Waals surface area contributed by atoms with Crippen molar-refractivity contribution in [3.05, 3.63) is 81.8 Å². The summed E-state index contributed by atoms with van der Waals surface area (Å²) in [5.74, 6) is 1.45. The Morgan fingerprint density at radius 2 is 1.30 bits per heavy atom. The molecule has 9 rings (SSSR count). The van der Waals surface area contributed by atoms with Gasteiger partial charge < -0.3 is 16.0 Å². The first-order valence-electron chi connectivity index (χ1n) is 17.8. The lowest BCUT2D eigenvalue weighted by Gasteiger charge is -2.13. The second kappa shape index (κ2) is 14.7. The molecule has 1 aromatic carbocycles. The molecule has 5 aromatic rings. The molecule has 4 fully saturated rings. The SMILES string of the molecule is O=C1C/C(=C\c2cnn3c(NCC4CC4)cc(Cl)nc23)C(=O)N1.O=C1C/C(=C\c2cnn3c(NCC4CC4)cc(Nc4cccc(C(F)(F)F)c4)nc23)C(=O)N1. The number of aromatic nitrogens is 6. The van der Waals surface area contributed by atoms with Crippen LogP contribution in [-0.2, 0) is 25.4 Å². The van der Waals surface area contributed by atoms with E-state index in [1.54, 1.807) is 39.5 Å². The van der Waals surface area contributed by atoms with E-state index in [9.17, 15) is 32.3 Å². The average Bonchev–Trinajstić information content (AvgIpc) is 4.03. The predicted octanol–water partition coefficient (Wildman–Crippen LogP) is 5.38. The zero-order chi connectivity index (χ0) is 39.1. The van der Waals surface area contributed by atoms with Gasteiger partial charge in [-0.25, -0.2) is 9.97 Å². The van der Waals surface area contributed by atoms with Crippen molar-refractivity contribution in [2.75, 3.05) is 29.0 Å². The minimum atomic E-state index is -4.46. The van der Waals surface area contributed by atoms with Gasteiger partial charge in [0.05, 0.1) is 30.8 Å². The third-order valence-electron chi connectivity index (χ3n) is 9.42. The van der Waals surface area contributed by atoms with E-state index in [1.807, 2.05) is 0 Å². The van der Waals surface area contributed by atoms with Gasteiger partial charge in [-0.3, -0.25) is 29.8 Å². The Kier molecular flexibility index (Phi) is 9.65. The number of fused-ring (bicyclic) bond motifs is 2. The van der Waals surface area contributed by atoms with Crippen LogP contribution in [0.15, 0.2) is 59.9 Å². The first-order valence-corrected chi connectivity index (χ1v) is 18.2. The molecule has 4 amide bonds. The minimum absolute atomic E-state index is 0.0366. The van der Waals surface area contributed by atoms with Crippen molar-refractivity contribution in [3.8, 4) is 0 Å². The standard InChI is InChI=1S/C22H19F3N6O2.C15H14ClN5O2/c23-22(24,25)15-2-1-3-16(8-15)28-17-9-18(26-10-12-4-5-12)31-20(29-17)14(11-27-31)6-13-7-19(32)30-21(13)33;16-11-5-12(17-6-8-1-2-8)21-14(19-11)10(7-18-21)3-9-4-13(22)20-15(9)23/h1-3,6,8-9,11-12,26H,4-5,7,10H2,(H,28,29)(H,30,32,33);3,5,7-8,17H,1-2,4,6H2,(H,20,22,23)/b13-6+;9-3+. The molecule has 4 aliphatic rings. The third kappa shape index (κ3) is 8.34. The van der Waals surface area contributed by atoms with Crippen molar-refractivity contribution in [2.45, 2.75) is 44.7 Å². The summed E-state index contributed by atoms with van der Waals surface area (Å²) in [6.07, 6.45) is 6.66. The fourth-order valence-corrected chi connectivity index (χ4v) is 6.31. The number of amides is 4. The van der Waals surface area contributed by atoms with Crippen LogP contribution in [0.25, 0.3) is 23.4 Å². The minimum Gasteiger partial charge on any atom is -0.370 e. The van der Waals surface area contributed by atoms with Crippen LogP contribution in [0.1, 0.15) is 55.2 Å². The smallest absolute Gasteiger partial charge is 0.370 e. The van der Waals surface area contributed by atoms with Gasteiger partial charge in [0.25, 0.3) is 11.8 Å². The summed E-state index contributed by atoms with van der Waals surface area (Å²) < 4.78 is 42.5. The van der Waals surface area contributed by atoms with Gasteiger partial charge in [-0.2, -0.15) is 32.4 Å². The summed E-state index contributed by atoms with van der Waals surface area (Å²) in [5, 5.41) is 23.1. The lowest BCUT2D eigenvalue weighted by Crippen LogP contribution is -2.19. The van der Waals surface area contributed by atoms with Crippen LogP contribution in [-0.4, -0.2) is 65.9 Å². The Morgan fingerprint density at radius 1 is 0.768 bits per heavy atom. The number of halogens is 4. The van der Waals surface area contributed by atoms with E-state index in [2.05, 4.69) is 46.7 Å². The van der Waals surface area contributed by atoms with Crippen molar-refractivity contribution >= 4 is 81.8 Å². The molecule has 5 N–H and O–H groups in total. The van der Waals surface area contributed by atoms with Gasteiger partial charge in [-0.15, -0.1) is 0 Å². The molecule has 0 unspecified atom stereocenters. The van der Waals surface area contributed by atoms with Crippen molar-refractivity contribution in [1.82, 2.24) is 39.8 Å². The fourth-order valence-electron chi connectivity index (χ4n) is 6.13. The molecular formula is C37H33ClF3N11O4. The highest BCUT2D eigenvalue weighted by atomic mass is 35.5. The number of alkyl halides is 3. The van der Waals surface area contributed by atoms with Crippen LogP contribution < -0.4 is 26.6 Å². The van der Waals surface area contributed by atoms with Gasteiger partial charge in [0.1, 0.15) is 22.6 Å². The van der Waals surface area contributed by atoms with Crippen molar-refractivity contribution in [1.29, 1.82) is 0 Å². The number of carbonyl (C=O) groups excluding carboxylic acids is 4. The first-order chi connectivity index (χ1) is 26.9. The number of anilines is 4. The van der Waals surface area contributed by atoms with Crippen molar-refractivity contribution in [3.63, 3.8) is 0 Å². The second-order valence-electron chi connectivity index (χ2n) is 14.0. The van der Waals surface area contributed by atoms with Gasteiger partial charge in [0.2, 0.25) is 11.8 Å². The number of benzene rings is 1. The Labute approximate surface area is 320 Å². The van der Waals surface area contributed by atoms with E-state index >= 15 is 0 Å². The summed E-state index contributed by atoms with van der Waals surface area (Å²) in [5.41, 5.74) is 2.26. The van der Waals surface area contributed by atoms with E-state index < -0.39 is 17.6 Å². The highest BCUT2D eigenvalue weighted by Crippen LogP contribution is 2.33. The molecule has 2 aliphatic heterocycles. The van der Waals surface area contributed by atoms with Gasteiger partial charge in [0.15, 0.2) is 11.3 Å². The molecule has 0 atom stereocenters. The van der Waals surface area contributed by atoms with Gasteiger partial charge in [-0.1, -0.05) is 17.7 Å². The maximum Gasteiger partial charge on any atom is 0.416 e. The molecule has 2 saturated carbocycles. The molecule has 0 radical (unpaired) electrons. The lowest BCUT2D eigenvalue weighted by molar-refractivity contribution is -0.137. The first kappa shape index (κ1) is 36.7. The maximum absolute atomic E-state index is 13.1. The summed E-state index contributed by atoms with van der Waals surface area (Å²) in [4.78, 5) is 55.2. The van der Waals surface area contributed by atoms with Gasteiger partial charge in [0, 0.05) is 53.2 Å². The molecule has 0 bridgehead atoms. The molecule has 19 heteroatoms. The van der Waals surface area contributed by atoms with Gasteiger partial charge in [-0.05, 0) is 67.9 Å². The van der Waals surface area contributed by atoms with E-state index in [0.717, 1.165) is 43.9 Å². The molecule has 2 aliphatic carbocycles. The Bertz CT molecular complexity index is 2480. The number of rotatable bonds is 10. The molecular weight excluding hydrogens is 755 g/mol. The van der Waals surface area contributed by atoms with E-state index in [0.29, 0.717) is 62.2 Å². The molecule has 4 aromatic heterocycles. The summed E-state index contributed by atoms with van der Waals surface area (Å²) in [6, 6.07) is 8.25. The Hall–Kier alpha value is -6.30. The quantitative estimate of drug-likeness (QED) is 0.0695. The normalized spacial score (nSPS) is 18.4. The third-order valence-corrected chi connectivity index (χ3v) is 9.61. The molecule has 288 valence electrons. The number of carbonyl (C=O) groups is 4. The largest absolute Gasteiger partial charge is 0.416 e. The van der Waals surface area contributed by atoms with Crippen LogP contribution in [0.4, 0.5) is 36.3 Å². The summed E-state index contributed by atoms with van der Waals surface area (Å²) >= 11 is 6.11. The number of hydrogen-bond acceptors (Lipinski definition) is 11. The highest BCUT2D eigenvalue weighted by Gasteiger charge is 2.31. The number of imide groups is 2. The second-order valence-corrected chi connectivity index (χ2v) is 14.3. The lowest BCUT2D eigenvalue weighted by atomic mass is 10.1. The van der Waals surface area contributed by atoms with Crippen LogP contribution in [0.2, 0.25) is 5.15 Å². The molecule has 56 heavy (non-hydrogen) atoms. The predicted molar refractivity (Wildman–Crippen MR) is 200 cm³/mol. The monoisotopic (exact) mass is 787 g/mol. The van der Waals surface area contributed by atoms with Crippen LogP contribution >= 0.6 is 11.6 Å². The van der Waals surface area contributed by atoms with Crippen molar-refractivity contribution < 1.29 is 32.3 Å². The van der Waals surface area contributed by atoms with Crippen molar-refractivity contribution in [2.24, 2.45) is 11.8 Å². The van der Waals surface area contributed by atoms with E-state index in [-0.39, 0.29) is 36.3 Å². The van der Waals surface area contributed by atoms with Crippen LogP contribution in [0, 0.1) is 11.8 Å². The van der Waals surface area contributed by atoms with Crippen LogP contribution in [0.3, 0.4) is 0 Å². The van der Waals surface area contributed by atoms with E-state index in [4.69, 9.17) is 11.6 Å². The molecule has 2 saturated heterocycles. The van der Waals surface area contributed by atoms with E-state index in [1.165, 1.54) is 31.2 Å². The molecule has 15 nitrogen and oxygen atoms in total.